The van der Waals surface area contributed by atoms with Crippen LogP contribution in [0.3, 0.4) is 0 Å². The van der Waals surface area contributed by atoms with Crippen molar-refractivity contribution >= 4 is 50.2 Å². The molecule has 24 heavy (non-hydrogen) atoms. The summed E-state index contributed by atoms with van der Waals surface area (Å²) in [7, 11) is 0. The molecule has 1 aliphatic carbocycles. The predicted molar refractivity (Wildman–Crippen MR) is 110 cm³/mol. The first-order chi connectivity index (χ1) is 11.1. The Bertz CT molecular complexity index is 617. The molecular weight excluding hydrogens is 483 g/mol. The molecule has 0 spiro atoms. The number of benzene rings is 1. The van der Waals surface area contributed by atoms with Crippen LogP contribution in [0.4, 0.5) is 4.79 Å². The molecule has 0 aliphatic heterocycles. The van der Waals surface area contributed by atoms with Gasteiger partial charge in [-0.05, 0) is 77.8 Å². The fourth-order valence-electron chi connectivity index (χ4n) is 2.82. The SMILES string of the molecule is CC(C)(C)OC(=O)OC[C@@H]1C(c2ccccc2)=C(I)CC[C@@]1(C)Br. The number of carbonyl (C=O) groups is 1. The third-order valence-electron chi connectivity index (χ3n) is 4.04. The van der Waals surface area contributed by atoms with E-state index >= 15 is 0 Å². The number of hydrogen-bond donors (Lipinski definition) is 0. The lowest BCUT2D eigenvalue weighted by Gasteiger charge is -2.39. The van der Waals surface area contributed by atoms with Gasteiger partial charge < -0.3 is 9.47 Å². The van der Waals surface area contributed by atoms with Crippen molar-refractivity contribution in [2.75, 3.05) is 6.61 Å². The highest BCUT2D eigenvalue weighted by Gasteiger charge is 2.40. The van der Waals surface area contributed by atoms with Crippen LogP contribution < -0.4 is 0 Å². The number of allylic oxidation sites excluding steroid dienone is 1. The zero-order chi connectivity index (χ0) is 18.0. The van der Waals surface area contributed by atoms with E-state index < -0.39 is 11.8 Å². The molecule has 0 amide bonds. The minimum Gasteiger partial charge on any atom is -0.434 e. The maximum absolute atomic E-state index is 12.0. The topological polar surface area (TPSA) is 35.5 Å². The van der Waals surface area contributed by atoms with Gasteiger partial charge in [-0.3, -0.25) is 0 Å². The van der Waals surface area contributed by atoms with Gasteiger partial charge in [0.2, 0.25) is 0 Å². The molecule has 2 rings (SSSR count). The first kappa shape index (κ1) is 19.8. The van der Waals surface area contributed by atoms with Gasteiger partial charge in [0.25, 0.3) is 0 Å². The summed E-state index contributed by atoms with van der Waals surface area (Å²) in [5.74, 6) is 0.0769. The molecule has 1 aromatic rings. The van der Waals surface area contributed by atoms with Gasteiger partial charge in [0.15, 0.2) is 0 Å². The van der Waals surface area contributed by atoms with Crippen molar-refractivity contribution in [2.24, 2.45) is 5.92 Å². The second kappa shape index (κ2) is 7.77. The van der Waals surface area contributed by atoms with Gasteiger partial charge in [-0.2, -0.15) is 0 Å². The van der Waals surface area contributed by atoms with Crippen molar-refractivity contribution in [3.63, 3.8) is 0 Å². The van der Waals surface area contributed by atoms with Gasteiger partial charge in [-0.1, -0.05) is 46.3 Å². The van der Waals surface area contributed by atoms with Crippen molar-refractivity contribution in [1.82, 2.24) is 0 Å². The van der Waals surface area contributed by atoms with Crippen LogP contribution in [0.15, 0.2) is 33.9 Å². The number of alkyl halides is 1. The van der Waals surface area contributed by atoms with Gasteiger partial charge in [-0.25, -0.2) is 4.79 Å². The van der Waals surface area contributed by atoms with E-state index in [0.717, 1.165) is 12.8 Å². The third kappa shape index (κ3) is 5.22. The van der Waals surface area contributed by atoms with Crippen LogP contribution in [0, 0.1) is 5.92 Å². The normalized spacial score (nSPS) is 24.7. The molecular formula is C19H24BrIO3. The summed E-state index contributed by atoms with van der Waals surface area (Å²) in [6.45, 7) is 7.97. The van der Waals surface area contributed by atoms with Crippen molar-refractivity contribution in [3.8, 4) is 0 Å². The Kier molecular flexibility index (Phi) is 6.40. The molecule has 0 fully saturated rings. The van der Waals surface area contributed by atoms with E-state index in [0.29, 0.717) is 6.61 Å². The monoisotopic (exact) mass is 506 g/mol. The third-order valence-corrected chi connectivity index (χ3v) is 6.11. The Balaban J connectivity index is 2.22. The Morgan fingerprint density at radius 1 is 1.33 bits per heavy atom. The van der Waals surface area contributed by atoms with Crippen LogP contribution in [0.1, 0.15) is 46.1 Å². The Morgan fingerprint density at radius 2 is 1.96 bits per heavy atom. The van der Waals surface area contributed by atoms with Crippen molar-refractivity contribution in [3.05, 3.63) is 39.5 Å². The maximum Gasteiger partial charge on any atom is 0.508 e. The van der Waals surface area contributed by atoms with E-state index in [9.17, 15) is 4.79 Å². The summed E-state index contributed by atoms with van der Waals surface area (Å²) in [5, 5.41) is 0. The standard InChI is InChI=1S/C19H24BrIO3/c1-18(2,3)24-17(22)23-12-14-16(13-8-6-5-7-9-13)15(21)10-11-19(14,4)20/h5-9,14H,10-12H2,1-4H3/t14-,19-/m1/s1. The molecule has 0 bridgehead atoms. The molecule has 0 aromatic heterocycles. The minimum absolute atomic E-state index is 0.0769. The van der Waals surface area contributed by atoms with Crippen LogP contribution >= 0.6 is 38.5 Å². The van der Waals surface area contributed by atoms with E-state index in [-0.39, 0.29) is 10.2 Å². The average Bonchev–Trinajstić information content (AvgIpc) is 2.47. The zero-order valence-corrected chi connectivity index (χ0v) is 18.3. The Labute approximate surface area is 166 Å². The lowest BCUT2D eigenvalue weighted by molar-refractivity contribution is -0.0119. The second-order valence-electron chi connectivity index (χ2n) is 7.29. The first-order valence-electron chi connectivity index (χ1n) is 8.09. The lowest BCUT2D eigenvalue weighted by atomic mass is 9.77. The lowest BCUT2D eigenvalue weighted by Crippen LogP contribution is -2.37. The summed E-state index contributed by atoms with van der Waals surface area (Å²) < 4.78 is 11.9. The molecule has 3 nitrogen and oxygen atoms in total. The van der Waals surface area contributed by atoms with Crippen molar-refractivity contribution < 1.29 is 14.3 Å². The largest absolute Gasteiger partial charge is 0.508 e. The van der Waals surface area contributed by atoms with Crippen molar-refractivity contribution in [2.45, 2.75) is 50.5 Å². The Hall–Kier alpha value is -0.560. The highest BCUT2D eigenvalue weighted by atomic mass is 127. The average molecular weight is 507 g/mol. The maximum atomic E-state index is 12.0. The molecule has 0 saturated carbocycles. The highest BCUT2D eigenvalue weighted by Crippen LogP contribution is 2.49. The van der Waals surface area contributed by atoms with Crippen LogP contribution in [-0.2, 0) is 9.47 Å². The van der Waals surface area contributed by atoms with Gasteiger partial charge in [0, 0.05) is 10.2 Å². The summed E-state index contributed by atoms with van der Waals surface area (Å²) >= 11 is 6.29. The number of rotatable bonds is 3. The van der Waals surface area contributed by atoms with Crippen molar-refractivity contribution in [1.29, 1.82) is 0 Å². The summed E-state index contributed by atoms with van der Waals surface area (Å²) in [4.78, 5) is 12.0. The van der Waals surface area contributed by atoms with Gasteiger partial charge in [-0.15, -0.1) is 0 Å². The van der Waals surface area contributed by atoms with Crippen LogP contribution in [0.5, 0.6) is 0 Å². The quantitative estimate of drug-likeness (QED) is 0.272. The molecule has 5 heteroatoms. The molecule has 2 atom stereocenters. The minimum atomic E-state index is -0.612. The summed E-state index contributed by atoms with van der Waals surface area (Å²) in [6, 6.07) is 10.3. The first-order valence-corrected chi connectivity index (χ1v) is 9.96. The van der Waals surface area contributed by atoms with E-state index in [1.165, 1.54) is 14.7 Å². The van der Waals surface area contributed by atoms with E-state index in [4.69, 9.17) is 9.47 Å². The van der Waals surface area contributed by atoms with Crippen LogP contribution in [0.2, 0.25) is 0 Å². The fourth-order valence-corrected chi connectivity index (χ4v) is 4.33. The zero-order valence-electron chi connectivity index (χ0n) is 14.6. The Morgan fingerprint density at radius 3 is 2.54 bits per heavy atom. The molecule has 0 saturated heterocycles. The smallest absolute Gasteiger partial charge is 0.434 e. The number of ether oxygens (including phenoxy) is 2. The predicted octanol–water partition coefficient (Wildman–Crippen LogP) is 6.35. The van der Waals surface area contributed by atoms with Gasteiger partial charge in [0.1, 0.15) is 12.2 Å². The highest BCUT2D eigenvalue weighted by molar-refractivity contribution is 14.1. The number of hydrogen-bond acceptors (Lipinski definition) is 3. The second-order valence-corrected chi connectivity index (χ2v) is 10.4. The van der Waals surface area contributed by atoms with Gasteiger partial charge >= 0.3 is 6.16 Å². The molecule has 0 radical (unpaired) electrons. The van der Waals surface area contributed by atoms with E-state index in [1.807, 2.05) is 39.0 Å². The molecule has 1 aromatic carbocycles. The van der Waals surface area contributed by atoms with Crippen LogP contribution in [-0.4, -0.2) is 22.7 Å². The molecule has 0 N–H and O–H groups in total. The molecule has 1 aliphatic rings. The summed E-state index contributed by atoms with van der Waals surface area (Å²) in [5.41, 5.74) is 1.89. The molecule has 0 heterocycles. The van der Waals surface area contributed by atoms with E-state index in [2.05, 4.69) is 57.6 Å². The number of halogens is 2. The van der Waals surface area contributed by atoms with Gasteiger partial charge in [0.05, 0.1) is 0 Å². The molecule has 0 unspecified atom stereocenters. The summed E-state index contributed by atoms with van der Waals surface area (Å²) in [6.07, 6.45) is 1.41. The van der Waals surface area contributed by atoms with E-state index in [1.54, 1.807) is 0 Å². The van der Waals surface area contributed by atoms with Crippen LogP contribution in [0.25, 0.3) is 5.57 Å². The fraction of sp³-hybridized carbons (Fsp3) is 0.526. The molecule has 132 valence electrons. The number of carbonyl (C=O) groups excluding carboxylic acids is 1.